The van der Waals surface area contributed by atoms with Gasteiger partial charge in [-0.1, -0.05) is 38.4 Å². The molecule has 0 unspecified atom stereocenters. The van der Waals surface area contributed by atoms with Crippen LogP contribution in [-0.4, -0.2) is 29.4 Å². The minimum absolute atomic E-state index is 0.0154. The lowest BCUT2D eigenvalue weighted by Crippen LogP contribution is -2.39. The molecule has 1 rings (SSSR count). The van der Waals surface area contributed by atoms with E-state index in [1.54, 1.807) is 20.8 Å². The Labute approximate surface area is 127 Å². The Morgan fingerprint density at radius 1 is 1.24 bits per heavy atom. The van der Waals surface area contributed by atoms with E-state index in [1.165, 1.54) is 18.2 Å². The molecule has 0 heterocycles. The molecule has 2 amide bonds. The van der Waals surface area contributed by atoms with Gasteiger partial charge in [0.25, 0.3) is 0 Å². The van der Waals surface area contributed by atoms with Crippen LogP contribution in [0.2, 0.25) is 5.02 Å². The van der Waals surface area contributed by atoms with E-state index in [9.17, 15) is 14.4 Å². The number of benzene rings is 1. The van der Waals surface area contributed by atoms with Crippen molar-refractivity contribution >= 4 is 35.1 Å². The highest BCUT2D eigenvalue weighted by atomic mass is 35.5. The Kier molecular flexibility index (Phi) is 5.32. The predicted octanol–water partition coefficient (Wildman–Crippen LogP) is 2.14. The van der Waals surface area contributed by atoms with Crippen molar-refractivity contribution in [3.63, 3.8) is 0 Å². The largest absolute Gasteiger partial charge is 0.478 e. The summed E-state index contributed by atoms with van der Waals surface area (Å²) in [6, 6.07) is 4.28. The fraction of sp³-hybridized carbons (Fsp3) is 0.357. The molecule has 7 heteroatoms. The molecule has 21 heavy (non-hydrogen) atoms. The molecule has 0 radical (unpaired) electrons. The number of para-hydroxylation sites is 1. The number of nitrogens with one attached hydrogen (secondary N) is 2. The smallest absolute Gasteiger partial charge is 0.337 e. The maximum Gasteiger partial charge on any atom is 0.337 e. The molecule has 0 aromatic heterocycles. The van der Waals surface area contributed by atoms with Crippen molar-refractivity contribution < 1.29 is 19.5 Å². The van der Waals surface area contributed by atoms with Gasteiger partial charge in [0, 0.05) is 5.41 Å². The number of hydrogen-bond donors (Lipinski definition) is 3. The SMILES string of the molecule is CC(C)(C)C(=O)NCC(=O)Nc1c(Cl)cccc1C(=O)O. The van der Waals surface area contributed by atoms with E-state index in [0.717, 1.165) is 0 Å². The van der Waals surface area contributed by atoms with E-state index >= 15 is 0 Å². The monoisotopic (exact) mass is 312 g/mol. The number of anilines is 1. The summed E-state index contributed by atoms with van der Waals surface area (Å²) in [5, 5.41) is 14.0. The van der Waals surface area contributed by atoms with Crippen LogP contribution in [-0.2, 0) is 9.59 Å². The highest BCUT2D eigenvalue weighted by Crippen LogP contribution is 2.25. The summed E-state index contributed by atoms with van der Waals surface area (Å²) in [6.45, 7) is 4.89. The maximum absolute atomic E-state index is 11.8. The summed E-state index contributed by atoms with van der Waals surface area (Å²) in [4.78, 5) is 34.5. The van der Waals surface area contributed by atoms with Gasteiger partial charge in [0.1, 0.15) is 0 Å². The van der Waals surface area contributed by atoms with Crippen LogP contribution >= 0.6 is 11.6 Å². The zero-order valence-electron chi connectivity index (χ0n) is 12.0. The number of carboxylic acids is 1. The third-order valence-corrected chi connectivity index (χ3v) is 2.91. The second kappa shape index (κ2) is 6.58. The van der Waals surface area contributed by atoms with Crippen LogP contribution in [0.15, 0.2) is 18.2 Å². The molecule has 1 aromatic rings. The van der Waals surface area contributed by atoms with Gasteiger partial charge in [-0.25, -0.2) is 4.79 Å². The van der Waals surface area contributed by atoms with Crippen molar-refractivity contribution in [3.05, 3.63) is 28.8 Å². The van der Waals surface area contributed by atoms with Gasteiger partial charge in [0.2, 0.25) is 11.8 Å². The molecule has 0 fully saturated rings. The van der Waals surface area contributed by atoms with Gasteiger partial charge < -0.3 is 15.7 Å². The van der Waals surface area contributed by atoms with E-state index in [1.807, 2.05) is 0 Å². The number of carbonyl (C=O) groups is 3. The van der Waals surface area contributed by atoms with Crippen LogP contribution in [0.25, 0.3) is 0 Å². The average Bonchev–Trinajstić information content (AvgIpc) is 2.36. The van der Waals surface area contributed by atoms with Crippen LogP contribution < -0.4 is 10.6 Å². The number of carboxylic acid groups (broad SMARTS) is 1. The Bertz CT molecular complexity index is 579. The first-order valence-corrected chi connectivity index (χ1v) is 6.60. The van der Waals surface area contributed by atoms with Crippen molar-refractivity contribution in [3.8, 4) is 0 Å². The molecule has 0 aliphatic carbocycles. The minimum atomic E-state index is -1.20. The van der Waals surface area contributed by atoms with Crippen molar-refractivity contribution in [2.45, 2.75) is 20.8 Å². The first-order valence-electron chi connectivity index (χ1n) is 6.23. The molecule has 0 aliphatic heterocycles. The van der Waals surface area contributed by atoms with Crippen LogP contribution in [0.3, 0.4) is 0 Å². The standard InChI is InChI=1S/C14H17ClN2O4/c1-14(2,3)13(21)16-7-10(18)17-11-8(12(19)20)5-4-6-9(11)15/h4-6H,7H2,1-3H3,(H,16,21)(H,17,18)(H,19,20). The number of carbonyl (C=O) groups excluding carboxylic acids is 2. The Morgan fingerprint density at radius 3 is 2.38 bits per heavy atom. The van der Waals surface area contributed by atoms with Gasteiger partial charge in [-0.2, -0.15) is 0 Å². The molecule has 0 aliphatic rings. The topological polar surface area (TPSA) is 95.5 Å². The summed E-state index contributed by atoms with van der Waals surface area (Å²) in [5.41, 5.74) is -0.712. The molecule has 6 nitrogen and oxygen atoms in total. The van der Waals surface area contributed by atoms with E-state index in [-0.39, 0.29) is 28.7 Å². The molecule has 0 atom stereocenters. The third-order valence-electron chi connectivity index (χ3n) is 2.60. The molecule has 114 valence electrons. The number of halogens is 1. The summed E-state index contributed by atoms with van der Waals surface area (Å²) >= 11 is 5.89. The van der Waals surface area contributed by atoms with Gasteiger partial charge in [-0.15, -0.1) is 0 Å². The number of amides is 2. The summed E-state index contributed by atoms with van der Waals surface area (Å²) < 4.78 is 0. The van der Waals surface area contributed by atoms with Crippen LogP contribution in [0.1, 0.15) is 31.1 Å². The average molecular weight is 313 g/mol. The van der Waals surface area contributed by atoms with Crippen molar-refractivity contribution in [1.29, 1.82) is 0 Å². The molecular formula is C14H17ClN2O4. The molecule has 1 aromatic carbocycles. The van der Waals surface area contributed by atoms with Crippen LogP contribution in [0.4, 0.5) is 5.69 Å². The quantitative estimate of drug-likeness (QED) is 0.793. The molecule has 0 bridgehead atoms. The zero-order valence-corrected chi connectivity index (χ0v) is 12.7. The third kappa shape index (κ3) is 4.75. The van der Waals surface area contributed by atoms with Gasteiger partial charge in [0.15, 0.2) is 0 Å². The van der Waals surface area contributed by atoms with Crippen molar-refractivity contribution in [2.24, 2.45) is 5.41 Å². The van der Waals surface area contributed by atoms with Gasteiger partial charge in [0.05, 0.1) is 22.8 Å². The summed E-state index contributed by atoms with van der Waals surface area (Å²) in [5.74, 6) is -2.04. The lowest BCUT2D eigenvalue weighted by Gasteiger charge is -2.17. The number of rotatable bonds is 4. The van der Waals surface area contributed by atoms with E-state index in [2.05, 4.69) is 10.6 Å². The van der Waals surface area contributed by atoms with Crippen LogP contribution in [0.5, 0.6) is 0 Å². The Morgan fingerprint density at radius 2 is 1.86 bits per heavy atom. The molecule has 0 spiro atoms. The molecule has 3 N–H and O–H groups in total. The minimum Gasteiger partial charge on any atom is -0.478 e. The van der Waals surface area contributed by atoms with Gasteiger partial charge in [-0.3, -0.25) is 9.59 Å². The Hall–Kier alpha value is -2.08. The van der Waals surface area contributed by atoms with Gasteiger partial charge in [-0.05, 0) is 12.1 Å². The summed E-state index contributed by atoms with van der Waals surface area (Å²) in [7, 11) is 0. The van der Waals surface area contributed by atoms with Gasteiger partial charge >= 0.3 is 5.97 Å². The van der Waals surface area contributed by atoms with E-state index < -0.39 is 17.3 Å². The first-order chi connectivity index (χ1) is 9.62. The Balaban J connectivity index is 2.77. The number of hydrogen-bond acceptors (Lipinski definition) is 3. The fourth-order valence-corrected chi connectivity index (χ4v) is 1.66. The normalized spacial score (nSPS) is 10.9. The highest BCUT2D eigenvalue weighted by Gasteiger charge is 2.22. The van der Waals surface area contributed by atoms with Crippen molar-refractivity contribution in [1.82, 2.24) is 5.32 Å². The molecule has 0 saturated heterocycles. The molecular weight excluding hydrogens is 296 g/mol. The highest BCUT2D eigenvalue weighted by molar-refractivity contribution is 6.34. The van der Waals surface area contributed by atoms with E-state index in [4.69, 9.17) is 16.7 Å². The van der Waals surface area contributed by atoms with Crippen LogP contribution in [0, 0.1) is 5.41 Å². The zero-order chi connectivity index (χ0) is 16.2. The number of aromatic carboxylic acids is 1. The second-order valence-electron chi connectivity index (χ2n) is 5.45. The van der Waals surface area contributed by atoms with E-state index in [0.29, 0.717) is 0 Å². The summed E-state index contributed by atoms with van der Waals surface area (Å²) in [6.07, 6.45) is 0. The first kappa shape index (κ1) is 17.0. The lowest BCUT2D eigenvalue weighted by molar-refractivity contribution is -0.130. The predicted molar refractivity (Wildman–Crippen MR) is 79.5 cm³/mol. The van der Waals surface area contributed by atoms with Crippen molar-refractivity contribution in [2.75, 3.05) is 11.9 Å². The maximum atomic E-state index is 11.8. The second-order valence-corrected chi connectivity index (χ2v) is 5.86. The fourth-order valence-electron chi connectivity index (χ4n) is 1.44. The molecule has 0 saturated carbocycles. The lowest BCUT2D eigenvalue weighted by atomic mass is 9.96.